The summed E-state index contributed by atoms with van der Waals surface area (Å²) in [5.41, 5.74) is 5.04. The van der Waals surface area contributed by atoms with E-state index in [9.17, 15) is 4.39 Å². The van der Waals surface area contributed by atoms with Crippen molar-refractivity contribution in [1.29, 1.82) is 0 Å². The van der Waals surface area contributed by atoms with Gasteiger partial charge in [0.2, 0.25) is 0 Å². The van der Waals surface area contributed by atoms with E-state index in [1.165, 1.54) is 44.2 Å². The van der Waals surface area contributed by atoms with Gasteiger partial charge in [-0.25, -0.2) is 14.4 Å². The van der Waals surface area contributed by atoms with Gasteiger partial charge in [-0.2, -0.15) is 0 Å². The predicted molar refractivity (Wildman–Crippen MR) is 150 cm³/mol. The van der Waals surface area contributed by atoms with E-state index >= 15 is 0 Å². The summed E-state index contributed by atoms with van der Waals surface area (Å²) in [7, 11) is 3.49. The van der Waals surface area contributed by atoms with Gasteiger partial charge in [-0.15, -0.1) is 0 Å². The van der Waals surface area contributed by atoms with Crippen molar-refractivity contribution in [3.05, 3.63) is 77.7 Å². The fourth-order valence-corrected chi connectivity index (χ4v) is 5.30. The molecule has 3 aliphatic rings. The number of nitrogens with one attached hydrogen (secondary N) is 1. The average Bonchev–Trinajstić information content (AvgIpc) is 3.14. The normalized spacial score (nSPS) is 19.4. The van der Waals surface area contributed by atoms with E-state index in [2.05, 4.69) is 33.4 Å². The van der Waals surface area contributed by atoms with Crippen LogP contribution in [0.25, 0.3) is 0 Å². The summed E-state index contributed by atoms with van der Waals surface area (Å²) in [4.78, 5) is 12.4. The number of halogens is 1. The predicted octanol–water partition coefficient (Wildman–Crippen LogP) is 6.64. The number of ether oxygens (including phenoxy) is 2. The highest BCUT2D eigenvalue weighted by Gasteiger charge is 2.25. The molecule has 0 radical (unpaired) electrons. The Balaban J connectivity index is 0.000000339. The minimum absolute atomic E-state index is 0. The van der Waals surface area contributed by atoms with Gasteiger partial charge < -0.3 is 19.7 Å². The standard InChI is InChI=1S/C23H23FN4O2.C7H14O.H2/c1-29-28-14-17-3-2-10-25-23(17)26-20-9-8-19(13-21(20)28)27-11-12-30-22(15-27)16-4-6-18(24)7-5-16;1-8-7-5-3-2-4-6-7;/h2-10,13,22H,11-12,14-15H2,1H3,(H,25,26);7H,2-6H2,1H3;1H. The van der Waals surface area contributed by atoms with Crippen molar-refractivity contribution in [2.75, 3.05) is 49.2 Å². The van der Waals surface area contributed by atoms with Crippen LogP contribution in [0.5, 0.6) is 0 Å². The van der Waals surface area contributed by atoms with Crippen molar-refractivity contribution in [3.63, 3.8) is 0 Å². The molecule has 0 bridgehead atoms. The van der Waals surface area contributed by atoms with E-state index in [1.54, 1.807) is 25.4 Å². The molecule has 3 heterocycles. The number of hydroxylamine groups is 1. The summed E-state index contributed by atoms with van der Waals surface area (Å²) in [5.74, 6) is 0.605. The summed E-state index contributed by atoms with van der Waals surface area (Å²) in [6, 6.07) is 16.8. The minimum atomic E-state index is -0.236. The Kier molecular flexibility index (Phi) is 8.73. The molecule has 0 amide bonds. The number of hydrogen-bond acceptors (Lipinski definition) is 7. The Morgan fingerprint density at radius 1 is 1.05 bits per heavy atom. The molecule has 1 saturated carbocycles. The maximum absolute atomic E-state index is 13.3. The van der Waals surface area contributed by atoms with Gasteiger partial charge in [0.05, 0.1) is 37.7 Å². The molecule has 204 valence electrons. The van der Waals surface area contributed by atoms with Gasteiger partial charge in [-0.05, 0) is 54.8 Å². The van der Waals surface area contributed by atoms with Crippen molar-refractivity contribution >= 4 is 22.9 Å². The molecule has 7 nitrogen and oxygen atoms in total. The Morgan fingerprint density at radius 3 is 2.61 bits per heavy atom. The van der Waals surface area contributed by atoms with Crippen LogP contribution < -0.4 is 15.3 Å². The SMILES string of the molecule is COC1CCCCC1.CON1Cc2cccnc2Nc2ccc(N3CCOC(c4ccc(F)cc4)C3)cc21.[HH]. The number of methoxy groups -OCH3 is 1. The van der Waals surface area contributed by atoms with Crippen molar-refractivity contribution in [1.82, 2.24) is 4.98 Å². The molecular formula is C30H39FN4O3. The second-order valence-corrected chi connectivity index (χ2v) is 9.91. The van der Waals surface area contributed by atoms with Gasteiger partial charge in [-0.3, -0.25) is 4.84 Å². The lowest BCUT2D eigenvalue weighted by atomic mass is 9.98. The number of benzene rings is 2. The number of morpholine rings is 1. The van der Waals surface area contributed by atoms with Gasteiger partial charge in [0.25, 0.3) is 0 Å². The second-order valence-electron chi connectivity index (χ2n) is 9.91. The zero-order chi connectivity index (χ0) is 26.3. The smallest absolute Gasteiger partial charge is 0.135 e. The van der Waals surface area contributed by atoms with Crippen LogP contribution in [0.2, 0.25) is 0 Å². The molecule has 1 aromatic heterocycles. The summed E-state index contributed by atoms with van der Waals surface area (Å²) >= 11 is 0. The van der Waals surface area contributed by atoms with Crippen LogP contribution in [0.4, 0.5) is 27.3 Å². The highest BCUT2D eigenvalue weighted by Crippen LogP contribution is 2.38. The average molecular weight is 523 g/mol. The van der Waals surface area contributed by atoms with E-state index in [-0.39, 0.29) is 13.3 Å². The van der Waals surface area contributed by atoms with E-state index in [0.29, 0.717) is 25.8 Å². The van der Waals surface area contributed by atoms with Gasteiger partial charge in [-0.1, -0.05) is 37.5 Å². The Labute approximate surface area is 226 Å². The summed E-state index contributed by atoms with van der Waals surface area (Å²) < 4.78 is 24.4. The lowest BCUT2D eigenvalue weighted by molar-refractivity contribution is 0.0397. The van der Waals surface area contributed by atoms with Gasteiger partial charge in [0.1, 0.15) is 17.7 Å². The zero-order valence-corrected chi connectivity index (χ0v) is 22.2. The van der Waals surface area contributed by atoms with Crippen molar-refractivity contribution in [2.24, 2.45) is 0 Å². The molecule has 2 aliphatic heterocycles. The van der Waals surface area contributed by atoms with E-state index in [4.69, 9.17) is 14.3 Å². The maximum atomic E-state index is 13.3. The van der Waals surface area contributed by atoms with Crippen LogP contribution in [0, 0.1) is 5.82 Å². The lowest BCUT2D eigenvalue weighted by Crippen LogP contribution is -2.38. The molecule has 2 fully saturated rings. The molecule has 1 aliphatic carbocycles. The van der Waals surface area contributed by atoms with E-state index < -0.39 is 0 Å². The molecule has 0 spiro atoms. The van der Waals surface area contributed by atoms with Crippen LogP contribution in [-0.2, 0) is 20.9 Å². The third kappa shape index (κ3) is 6.26. The fourth-order valence-electron chi connectivity index (χ4n) is 5.30. The first-order valence-electron chi connectivity index (χ1n) is 13.5. The third-order valence-electron chi connectivity index (χ3n) is 7.49. The third-order valence-corrected chi connectivity index (χ3v) is 7.49. The molecule has 1 atom stereocenters. The number of fused-ring (bicyclic) bond motifs is 2. The largest absolute Gasteiger partial charge is 0.381 e. The number of rotatable bonds is 4. The molecule has 2 aromatic carbocycles. The first-order valence-corrected chi connectivity index (χ1v) is 13.5. The van der Waals surface area contributed by atoms with Crippen molar-refractivity contribution in [2.45, 2.75) is 50.9 Å². The molecule has 8 heteroatoms. The number of anilines is 4. The van der Waals surface area contributed by atoms with E-state index in [0.717, 1.165) is 40.6 Å². The quantitative estimate of drug-likeness (QED) is 0.412. The maximum Gasteiger partial charge on any atom is 0.135 e. The number of hydrogen-bond donors (Lipinski definition) is 1. The first kappa shape index (κ1) is 26.4. The van der Waals surface area contributed by atoms with Crippen molar-refractivity contribution < 1.29 is 20.1 Å². The molecular weight excluding hydrogens is 483 g/mol. The van der Waals surface area contributed by atoms with Crippen LogP contribution >= 0.6 is 0 Å². The molecule has 38 heavy (non-hydrogen) atoms. The van der Waals surface area contributed by atoms with Crippen molar-refractivity contribution in [3.8, 4) is 0 Å². The monoisotopic (exact) mass is 522 g/mol. The topological polar surface area (TPSA) is 59.1 Å². The number of pyridine rings is 1. The van der Waals surface area contributed by atoms with Crippen LogP contribution in [-0.4, -0.2) is 45.0 Å². The van der Waals surface area contributed by atoms with Gasteiger partial charge in [0, 0.05) is 39.1 Å². The van der Waals surface area contributed by atoms with Crippen LogP contribution in [0.15, 0.2) is 60.8 Å². The molecule has 3 aromatic rings. The molecule has 1 saturated heterocycles. The zero-order valence-electron chi connectivity index (χ0n) is 22.2. The van der Waals surface area contributed by atoms with E-state index in [1.807, 2.05) is 24.3 Å². The summed E-state index contributed by atoms with van der Waals surface area (Å²) in [6.45, 7) is 2.70. The van der Waals surface area contributed by atoms with Crippen LogP contribution in [0.1, 0.15) is 50.8 Å². The second kappa shape index (κ2) is 12.6. The Bertz CT molecular complexity index is 1190. The Morgan fingerprint density at radius 2 is 1.87 bits per heavy atom. The minimum Gasteiger partial charge on any atom is -0.381 e. The van der Waals surface area contributed by atoms with Gasteiger partial charge in [0.15, 0.2) is 0 Å². The number of aromatic nitrogens is 1. The Hall–Kier alpha value is -3.20. The highest BCUT2D eigenvalue weighted by atomic mass is 19.1. The highest BCUT2D eigenvalue weighted by molar-refractivity contribution is 5.80. The van der Waals surface area contributed by atoms with Crippen LogP contribution in [0.3, 0.4) is 0 Å². The summed E-state index contributed by atoms with van der Waals surface area (Å²) in [6.07, 6.45) is 9.02. The fraction of sp³-hybridized carbons (Fsp3) is 0.433. The molecule has 1 unspecified atom stereocenters. The summed E-state index contributed by atoms with van der Waals surface area (Å²) in [5, 5.41) is 5.30. The van der Waals surface area contributed by atoms with Gasteiger partial charge >= 0.3 is 0 Å². The first-order chi connectivity index (χ1) is 18.6. The molecule has 1 N–H and O–H groups in total. The number of nitrogens with zero attached hydrogens (tertiary/aromatic N) is 3. The molecule has 6 rings (SSSR count). The lowest BCUT2D eigenvalue weighted by Gasteiger charge is -2.35.